The van der Waals surface area contributed by atoms with Crippen molar-refractivity contribution in [2.45, 2.75) is 66.0 Å². The Bertz CT molecular complexity index is 854. The third-order valence-electron chi connectivity index (χ3n) is 6.00. The van der Waals surface area contributed by atoms with Crippen LogP contribution in [0.5, 0.6) is 0 Å². The van der Waals surface area contributed by atoms with Gasteiger partial charge in [-0.05, 0) is 20.8 Å². The molecule has 31 heavy (non-hydrogen) atoms. The topological polar surface area (TPSA) is 0 Å². The SMILES string of the molecule is CCCC[Si](C)(C1=[C-]CC=C1Cc1ccccc1)c1c(C)cc(C)cc1C.[Cl-].[Cl-].[Cl-].[Ti+4]. The van der Waals surface area contributed by atoms with E-state index in [1.54, 1.807) is 10.4 Å². The predicted octanol–water partition coefficient (Wildman–Crippen LogP) is -2.45. The van der Waals surface area contributed by atoms with Crippen molar-refractivity contribution in [1.29, 1.82) is 0 Å². The molecular weight excluding hydrogens is 495 g/mol. The fourth-order valence-corrected chi connectivity index (χ4v) is 10.1. The van der Waals surface area contributed by atoms with E-state index in [0.717, 1.165) is 12.8 Å². The number of unbranched alkanes of at least 4 members (excludes halogenated alkanes) is 1. The standard InChI is InChI=1S/C26H33Si.3ClH.Ti/c1-6-7-16-27(5,26-21(3)17-20(2)18-22(26)4)25-15-11-14-24(25)19-23-12-9-8-10-13-23;;;;/h8-10,12-14,17-18H,6-7,11,16,19H2,1-5H3;3*1H;/q-1;;;;+4/p-3. The van der Waals surface area contributed by atoms with Crippen molar-refractivity contribution >= 4 is 13.3 Å². The molecule has 5 heteroatoms. The van der Waals surface area contributed by atoms with Crippen LogP contribution in [0.25, 0.3) is 0 Å². The second kappa shape index (κ2) is 14.8. The Labute approximate surface area is 224 Å². The number of hydrogen-bond donors (Lipinski definition) is 0. The molecule has 2 aromatic carbocycles. The van der Waals surface area contributed by atoms with Gasteiger partial charge in [0.15, 0.2) is 0 Å². The van der Waals surface area contributed by atoms with Crippen LogP contribution < -0.4 is 42.4 Å². The van der Waals surface area contributed by atoms with E-state index in [-0.39, 0.29) is 58.9 Å². The van der Waals surface area contributed by atoms with E-state index in [0.29, 0.717) is 0 Å². The molecule has 0 aromatic heterocycles. The zero-order valence-corrected chi connectivity index (χ0v) is 24.1. The van der Waals surface area contributed by atoms with E-state index in [2.05, 4.69) is 88.9 Å². The summed E-state index contributed by atoms with van der Waals surface area (Å²) in [6, 6.07) is 17.0. The Hall–Kier alpha value is -0.279. The first kappa shape index (κ1) is 32.9. The predicted molar refractivity (Wildman–Crippen MR) is 121 cm³/mol. The van der Waals surface area contributed by atoms with Crippen LogP contribution in [0.15, 0.2) is 59.3 Å². The molecular formula is C26H33Cl3SiTi. The fraction of sp³-hybridized carbons (Fsp3) is 0.385. The molecule has 0 fully saturated rings. The summed E-state index contributed by atoms with van der Waals surface area (Å²) in [5.41, 5.74) is 7.29. The van der Waals surface area contributed by atoms with Gasteiger partial charge in [0.2, 0.25) is 0 Å². The maximum Gasteiger partial charge on any atom is 4.00 e. The second-order valence-electron chi connectivity index (χ2n) is 8.36. The van der Waals surface area contributed by atoms with Crippen molar-refractivity contribution < 1.29 is 58.9 Å². The van der Waals surface area contributed by atoms with Gasteiger partial charge in [-0.2, -0.15) is 11.6 Å². The molecule has 0 saturated heterocycles. The van der Waals surface area contributed by atoms with Gasteiger partial charge >= 0.3 is 21.7 Å². The zero-order valence-electron chi connectivity index (χ0n) is 19.3. The molecule has 3 rings (SSSR count). The molecule has 0 nitrogen and oxygen atoms in total. The number of benzene rings is 2. The first-order valence-electron chi connectivity index (χ1n) is 10.4. The maximum absolute atomic E-state index is 3.83. The second-order valence-corrected chi connectivity index (χ2v) is 12.5. The minimum Gasteiger partial charge on any atom is -1.00 e. The van der Waals surface area contributed by atoms with E-state index in [9.17, 15) is 0 Å². The van der Waals surface area contributed by atoms with Gasteiger partial charge < -0.3 is 37.2 Å². The quantitative estimate of drug-likeness (QED) is 0.277. The van der Waals surface area contributed by atoms with Crippen molar-refractivity contribution in [3.63, 3.8) is 0 Å². The first-order chi connectivity index (χ1) is 13.0. The normalized spacial score (nSPS) is 14.0. The molecule has 0 N–H and O–H groups in total. The number of halogens is 3. The van der Waals surface area contributed by atoms with E-state index >= 15 is 0 Å². The molecule has 0 amide bonds. The van der Waals surface area contributed by atoms with Crippen LogP contribution in [0, 0.1) is 26.8 Å². The van der Waals surface area contributed by atoms with Crippen molar-refractivity contribution in [2.24, 2.45) is 0 Å². The van der Waals surface area contributed by atoms with Gasteiger partial charge in [0.25, 0.3) is 0 Å². The first-order valence-corrected chi connectivity index (χ1v) is 13.1. The molecule has 1 unspecified atom stereocenters. The molecule has 0 aliphatic heterocycles. The third-order valence-corrected chi connectivity index (χ3v) is 10.8. The summed E-state index contributed by atoms with van der Waals surface area (Å²) >= 11 is 0. The summed E-state index contributed by atoms with van der Waals surface area (Å²) in [7, 11) is -1.81. The van der Waals surface area contributed by atoms with Crippen molar-refractivity contribution in [3.05, 3.63) is 87.6 Å². The largest absolute Gasteiger partial charge is 4.00 e. The molecule has 0 spiro atoms. The van der Waals surface area contributed by atoms with E-state index < -0.39 is 8.07 Å². The average molecular weight is 528 g/mol. The van der Waals surface area contributed by atoms with Crippen LogP contribution in [-0.2, 0) is 28.1 Å². The van der Waals surface area contributed by atoms with Gasteiger partial charge in [0.1, 0.15) is 0 Å². The number of rotatable bonds is 7. The monoisotopic (exact) mass is 526 g/mol. The molecule has 0 saturated carbocycles. The molecule has 0 heterocycles. The van der Waals surface area contributed by atoms with Crippen LogP contribution in [0.4, 0.5) is 0 Å². The van der Waals surface area contributed by atoms with Gasteiger partial charge in [-0.15, -0.1) is 6.42 Å². The molecule has 1 aliphatic carbocycles. The summed E-state index contributed by atoms with van der Waals surface area (Å²) < 4.78 is 0. The van der Waals surface area contributed by atoms with Gasteiger partial charge in [-0.1, -0.05) is 109 Å². The van der Waals surface area contributed by atoms with Crippen LogP contribution in [0.2, 0.25) is 12.6 Å². The molecule has 0 bridgehead atoms. The minimum atomic E-state index is -1.81. The summed E-state index contributed by atoms with van der Waals surface area (Å²) in [4.78, 5) is 0. The van der Waals surface area contributed by atoms with Gasteiger partial charge in [-0.25, -0.2) is 5.20 Å². The summed E-state index contributed by atoms with van der Waals surface area (Å²) in [5, 5.41) is 3.24. The smallest absolute Gasteiger partial charge is 1.00 e. The van der Waals surface area contributed by atoms with Crippen molar-refractivity contribution in [2.75, 3.05) is 0 Å². The van der Waals surface area contributed by atoms with E-state index in [4.69, 9.17) is 0 Å². The van der Waals surface area contributed by atoms with Crippen LogP contribution >= 0.6 is 0 Å². The molecule has 1 aliphatic rings. The molecule has 0 radical (unpaired) electrons. The zero-order chi connectivity index (χ0) is 19.4. The summed E-state index contributed by atoms with van der Waals surface area (Å²) in [6.45, 7) is 11.8. The van der Waals surface area contributed by atoms with E-state index in [1.807, 2.05) is 0 Å². The van der Waals surface area contributed by atoms with Crippen molar-refractivity contribution in [1.82, 2.24) is 0 Å². The average Bonchev–Trinajstić information content (AvgIpc) is 3.09. The minimum absolute atomic E-state index is 0. The summed E-state index contributed by atoms with van der Waals surface area (Å²) in [6.07, 6.45) is 10.9. The number of hydrogen-bond acceptors (Lipinski definition) is 0. The van der Waals surface area contributed by atoms with Crippen LogP contribution in [0.3, 0.4) is 0 Å². The maximum atomic E-state index is 3.83. The van der Waals surface area contributed by atoms with Crippen molar-refractivity contribution in [3.8, 4) is 0 Å². The Kier molecular flexibility index (Phi) is 15.7. The molecule has 1 atom stereocenters. The Balaban J connectivity index is 0. The fourth-order valence-electron chi connectivity index (χ4n) is 4.97. The van der Waals surface area contributed by atoms with Gasteiger partial charge in [0.05, 0.1) is 8.07 Å². The van der Waals surface area contributed by atoms with E-state index in [1.165, 1.54) is 46.7 Å². The molecule has 166 valence electrons. The number of aryl methyl sites for hydroxylation is 3. The van der Waals surface area contributed by atoms with Gasteiger partial charge in [0, 0.05) is 0 Å². The Morgan fingerprint density at radius 1 is 0.935 bits per heavy atom. The van der Waals surface area contributed by atoms with Crippen LogP contribution in [0.1, 0.15) is 48.4 Å². The number of allylic oxidation sites excluding steroid dienone is 4. The molecule has 2 aromatic rings. The van der Waals surface area contributed by atoms with Crippen LogP contribution in [-0.4, -0.2) is 8.07 Å². The Morgan fingerprint density at radius 3 is 2.06 bits per heavy atom. The summed E-state index contributed by atoms with van der Waals surface area (Å²) in [5.74, 6) is 0. The Morgan fingerprint density at radius 2 is 1.52 bits per heavy atom. The van der Waals surface area contributed by atoms with Gasteiger partial charge in [-0.3, -0.25) is 6.08 Å². The third kappa shape index (κ3) is 7.63.